The van der Waals surface area contributed by atoms with Crippen LogP contribution in [0.4, 0.5) is 0 Å². The molecule has 1 aliphatic rings. The number of hydrogen-bond donors (Lipinski definition) is 2. The van der Waals surface area contributed by atoms with Gasteiger partial charge in [-0.25, -0.2) is 0 Å². The number of hydrogen-bond acceptors (Lipinski definition) is 4. The van der Waals surface area contributed by atoms with Gasteiger partial charge in [-0.15, -0.1) is 0 Å². The molecule has 0 unspecified atom stereocenters. The topological polar surface area (TPSA) is 67.2 Å². The summed E-state index contributed by atoms with van der Waals surface area (Å²) < 4.78 is 4.97. The Morgan fingerprint density at radius 2 is 2.30 bits per heavy atom. The van der Waals surface area contributed by atoms with E-state index in [0.717, 1.165) is 31.0 Å². The monoisotopic (exact) mass is 271 g/mol. The highest BCUT2D eigenvalue weighted by atomic mass is 16.5. The Morgan fingerprint density at radius 1 is 1.40 bits per heavy atom. The Balaban J connectivity index is 1.67. The van der Waals surface area contributed by atoms with Crippen LogP contribution in [0.15, 0.2) is 28.8 Å². The standard InChI is InChI=1S/C15H17N3O2/c1-10-6-14(18-20-10)9-17-15(19)12-3-2-11-4-5-16-8-13(11)7-12/h2-3,6-7,16H,4-5,8-9H2,1H3,(H,17,19). The molecule has 0 atom stereocenters. The molecule has 0 saturated carbocycles. The van der Waals surface area contributed by atoms with E-state index < -0.39 is 0 Å². The normalized spacial score (nSPS) is 13.8. The summed E-state index contributed by atoms with van der Waals surface area (Å²) in [5.41, 5.74) is 3.96. The van der Waals surface area contributed by atoms with Crippen LogP contribution in [-0.2, 0) is 19.5 Å². The van der Waals surface area contributed by atoms with Crippen LogP contribution in [0.1, 0.15) is 32.9 Å². The fourth-order valence-corrected chi connectivity index (χ4v) is 2.40. The van der Waals surface area contributed by atoms with E-state index in [1.54, 1.807) is 0 Å². The molecule has 0 saturated heterocycles. The van der Waals surface area contributed by atoms with Gasteiger partial charge in [0.2, 0.25) is 0 Å². The van der Waals surface area contributed by atoms with Crippen molar-refractivity contribution in [3.63, 3.8) is 0 Å². The first kappa shape index (κ1) is 12.9. The second-order valence-electron chi connectivity index (χ2n) is 5.02. The first-order valence-corrected chi connectivity index (χ1v) is 6.75. The number of amides is 1. The van der Waals surface area contributed by atoms with Crippen molar-refractivity contribution in [2.45, 2.75) is 26.4 Å². The first-order chi connectivity index (χ1) is 9.72. The van der Waals surface area contributed by atoms with E-state index >= 15 is 0 Å². The van der Waals surface area contributed by atoms with Crippen molar-refractivity contribution >= 4 is 5.91 Å². The molecule has 5 heteroatoms. The summed E-state index contributed by atoms with van der Waals surface area (Å²) in [4.78, 5) is 12.1. The maximum Gasteiger partial charge on any atom is 0.251 e. The Morgan fingerprint density at radius 3 is 3.10 bits per heavy atom. The molecule has 0 fully saturated rings. The average molecular weight is 271 g/mol. The molecule has 1 aliphatic heterocycles. The highest BCUT2D eigenvalue weighted by Gasteiger charge is 2.12. The molecule has 20 heavy (non-hydrogen) atoms. The van der Waals surface area contributed by atoms with Crippen LogP contribution >= 0.6 is 0 Å². The van der Waals surface area contributed by atoms with Gasteiger partial charge in [-0.1, -0.05) is 11.2 Å². The molecule has 2 aromatic rings. The second kappa shape index (κ2) is 5.46. The summed E-state index contributed by atoms with van der Waals surface area (Å²) in [7, 11) is 0. The Labute approximate surface area is 117 Å². The molecule has 2 N–H and O–H groups in total. The molecule has 0 spiro atoms. The van der Waals surface area contributed by atoms with E-state index in [1.165, 1.54) is 11.1 Å². The van der Waals surface area contributed by atoms with Crippen molar-refractivity contribution in [2.75, 3.05) is 6.54 Å². The summed E-state index contributed by atoms with van der Waals surface area (Å²) >= 11 is 0. The van der Waals surface area contributed by atoms with Gasteiger partial charge < -0.3 is 15.2 Å². The molecular weight excluding hydrogens is 254 g/mol. The number of nitrogens with one attached hydrogen (secondary N) is 2. The SMILES string of the molecule is Cc1cc(CNC(=O)c2ccc3c(c2)CNCC3)no1. The first-order valence-electron chi connectivity index (χ1n) is 6.75. The minimum atomic E-state index is -0.0842. The number of aryl methyl sites for hydroxylation is 1. The number of nitrogens with zero attached hydrogens (tertiary/aromatic N) is 1. The van der Waals surface area contributed by atoms with Crippen LogP contribution in [0.5, 0.6) is 0 Å². The number of fused-ring (bicyclic) bond motifs is 1. The predicted molar refractivity (Wildman–Crippen MR) is 74.3 cm³/mol. The lowest BCUT2D eigenvalue weighted by Gasteiger charge is -2.17. The van der Waals surface area contributed by atoms with E-state index in [4.69, 9.17) is 4.52 Å². The second-order valence-corrected chi connectivity index (χ2v) is 5.02. The molecule has 0 bridgehead atoms. The van der Waals surface area contributed by atoms with Crippen molar-refractivity contribution in [1.82, 2.24) is 15.8 Å². The third kappa shape index (κ3) is 2.72. The van der Waals surface area contributed by atoms with E-state index in [1.807, 2.05) is 31.2 Å². The third-order valence-electron chi connectivity index (χ3n) is 3.46. The maximum atomic E-state index is 12.1. The van der Waals surface area contributed by atoms with Gasteiger partial charge in [-0.3, -0.25) is 4.79 Å². The number of rotatable bonds is 3. The molecule has 0 radical (unpaired) electrons. The molecule has 104 valence electrons. The van der Waals surface area contributed by atoms with E-state index in [-0.39, 0.29) is 5.91 Å². The lowest BCUT2D eigenvalue weighted by molar-refractivity contribution is 0.0950. The van der Waals surface area contributed by atoms with Crippen LogP contribution in [0, 0.1) is 6.92 Å². The van der Waals surface area contributed by atoms with Crippen LogP contribution in [-0.4, -0.2) is 17.6 Å². The van der Waals surface area contributed by atoms with E-state index in [2.05, 4.69) is 15.8 Å². The number of aromatic nitrogens is 1. The summed E-state index contributed by atoms with van der Waals surface area (Å²) in [5, 5.41) is 10.0. The van der Waals surface area contributed by atoms with Crippen LogP contribution < -0.4 is 10.6 Å². The van der Waals surface area contributed by atoms with Gasteiger partial charge in [-0.05, 0) is 43.1 Å². The summed E-state index contributed by atoms with van der Waals surface area (Å²) in [5.74, 6) is 0.660. The maximum absolute atomic E-state index is 12.1. The zero-order valence-electron chi connectivity index (χ0n) is 11.4. The predicted octanol–water partition coefficient (Wildman–Crippen LogP) is 1.56. The van der Waals surface area contributed by atoms with Crippen molar-refractivity contribution in [1.29, 1.82) is 0 Å². The fraction of sp³-hybridized carbons (Fsp3) is 0.333. The van der Waals surface area contributed by atoms with Gasteiger partial charge in [0, 0.05) is 18.2 Å². The van der Waals surface area contributed by atoms with Crippen molar-refractivity contribution in [3.8, 4) is 0 Å². The van der Waals surface area contributed by atoms with Gasteiger partial charge in [0.25, 0.3) is 5.91 Å². The number of benzene rings is 1. The number of carbonyl (C=O) groups is 1. The molecule has 2 heterocycles. The molecule has 1 amide bonds. The Bertz CT molecular complexity index is 634. The Kier molecular flexibility index (Phi) is 3.52. The average Bonchev–Trinajstić information content (AvgIpc) is 2.90. The molecular formula is C15H17N3O2. The summed E-state index contributed by atoms with van der Waals surface area (Å²) in [6, 6.07) is 7.71. The van der Waals surface area contributed by atoms with Gasteiger partial charge in [-0.2, -0.15) is 0 Å². The minimum absolute atomic E-state index is 0.0842. The van der Waals surface area contributed by atoms with Gasteiger partial charge >= 0.3 is 0 Å². The van der Waals surface area contributed by atoms with Crippen molar-refractivity contribution in [3.05, 3.63) is 52.4 Å². The molecule has 1 aromatic heterocycles. The molecule has 3 rings (SSSR count). The van der Waals surface area contributed by atoms with Crippen LogP contribution in [0.25, 0.3) is 0 Å². The molecule has 1 aromatic carbocycles. The Hall–Kier alpha value is -2.14. The smallest absolute Gasteiger partial charge is 0.251 e. The van der Waals surface area contributed by atoms with E-state index in [9.17, 15) is 4.79 Å². The van der Waals surface area contributed by atoms with Crippen LogP contribution in [0.3, 0.4) is 0 Å². The summed E-state index contributed by atoms with van der Waals surface area (Å²) in [6.07, 6.45) is 1.02. The third-order valence-corrected chi connectivity index (χ3v) is 3.46. The number of carbonyl (C=O) groups excluding carboxylic acids is 1. The quantitative estimate of drug-likeness (QED) is 0.889. The zero-order valence-corrected chi connectivity index (χ0v) is 11.4. The molecule has 5 nitrogen and oxygen atoms in total. The lowest BCUT2D eigenvalue weighted by atomic mass is 9.98. The largest absolute Gasteiger partial charge is 0.361 e. The van der Waals surface area contributed by atoms with E-state index in [0.29, 0.717) is 12.1 Å². The zero-order chi connectivity index (χ0) is 13.9. The highest BCUT2D eigenvalue weighted by Crippen LogP contribution is 2.16. The highest BCUT2D eigenvalue weighted by molar-refractivity contribution is 5.94. The molecule has 0 aliphatic carbocycles. The van der Waals surface area contributed by atoms with Crippen molar-refractivity contribution in [2.24, 2.45) is 0 Å². The van der Waals surface area contributed by atoms with Crippen molar-refractivity contribution < 1.29 is 9.32 Å². The van der Waals surface area contributed by atoms with Gasteiger partial charge in [0.1, 0.15) is 11.5 Å². The minimum Gasteiger partial charge on any atom is -0.361 e. The van der Waals surface area contributed by atoms with Gasteiger partial charge in [0.15, 0.2) is 0 Å². The lowest BCUT2D eigenvalue weighted by Crippen LogP contribution is -2.26. The summed E-state index contributed by atoms with van der Waals surface area (Å²) in [6.45, 7) is 4.04. The fourth-order valence-electron chi connectivity index (χ4n) is 2.40. The van der Waals surface area contributed by atoms with Crippen LogP contribution in [0.2, 0.25) is 0 Å². The van der Waals surface area contributed by atoms with Gasteiger partial charge in [0.05, 0.1) is 6.54 Å².